The van der Waals surface area contributed by atoms with Crippen LogP contribution in [0.1, 0.15) is 42.4 Å². The average molecular weight is 398 g/mol. The summed E-state index contributed by atoms with van der Waals surface area (Å²) in [5.41, 5.74) is 11.5. The molecule has 7 nitrogen and oxygen atoms in total. The fourth-order valence-electron chi connectivity index (χ4n) is 5.44. The lowest BCUT2D eigenvalue weighted by molar-refractivity contribution is 0.421. The van der Waals surface area contributed by atoms with Crippen LogP contribution in [0.15, 0.2) is 53.3 Å². The van der Waals surface area contributed by atoms with Gasteiger partial charge in [-0.1, -0.05) is 54.3 Å². The van der Waals surface area contributed by atoms with Gasteiger partial charge in [0.05, 0.1) is 17.8 Å². The molecule has 4 aromatic rings. The van der Waals surface area contributed by atoms with Gasteiger partial charge in [0.25, 0.3) is 11.3 Å². The van der Waals surface area contributed by atoms with Crippen molar-refractivity contribution in [3.63, 3.8) is 0 Å². The summed E-state index contributed by atoms with van der Waals surface area (Å²) < 4.78 is 3.49. The van der Waals surface area contributed by atoms with Crippen molar-refractivity contribution < 1.29 is 0 Å². The van der Waals surface area contributed by atoms with Crippen LogP contribution in [0, 0.1) is 0 Å². The van der Waals surface area contributed by atoms with E-state index in [1.54, 1.807) is 9.08 Å². The van der Waals surface area contributed by atoms with Crippen molar-refractivity contribution in [2.24, 2.45) is 0 Å². The maximum absolute atomic E-state index is 14.0. The Morgan fingerprint density at radius 2 is 1.80 bits per heavy atom. The predicted octanol–water partition coefficient (Wildman–Crippen LogP) is 2.95. The molecule has 0 radical (unpaired) electrons. The summed E-state index contributed by atoms with van der Waals surface area (Å²) in [6, 6.07) is 16.0. The molecule has 2 aliphatic rings. The molecule has 2 heterocycles. The normalized spacial score (nSPS) is 16.7. The molecule has 2 aromatic heterocycles. The fraction of sp³-hybridized carbons (Fsp3) is 0.304. The number of rotatable bonds is 2. The second kappa shape index (κ2) is 6.26. The quantitative estimate of drug-likeness (QED) is 0.524. The van der Waals surface area contributed by atoms with E-state index in [0.29, 0.717) is 18.0 Å². The highest BCUT2D eigenvalue weighted by molar-refractivity contribution is 5.73. The van der Waals surface area contributed by atoms with Gasteiger partial charge in [0, 0.05) is 16.7 Å². The number of tetrazole rings is 1. The van der Waals surface area contributed by atoms with Gasteiger partial charge in [-0.05, 0) is 52.9 Å². The Bertz CT molecular complexity index is 1330. The van der Waals surface area contributed by atoms with Crippen molar-refractivity contribution in [2.45, 2.75) is 44.1 Å². The van der Waals surface area contributed by atoms with Gasteiger partial charge < -0.3 is 5.73 Å². The Kier molecular flexibility index (Phi) is 3.63. The standard InChI is InChI=1S/C23H22N6O/c24-17-9-7-15(8-10-17)14-28-21(30)19-20(29-22(28)25-26-27-29)18-6-2-1-5-16(18)13-23(19)11-3-4-12-23/h1-2,5-10H,3-4,11-14,24H2. The third-order valence-electron chi connectivity index (χ3n) is 6.81. The lowest BCUT2D eigenvalue weighted by atomic mass is 9.68. The Morgan fingerprint density at radius 3 is 2.60 bits per heavy atom. The average Bonchev–Trinajstić information content (AvgIpc) is 3.42. The summed E-state index contributed by atoms with van der Waals surface area (Å²) in [5, 5.41) is 12.5. The molecule has 1 spiro atoms. The summed E-state index contributed by atoms with van der Waals surface area (Å²) >= 11 is 0. The van der Waals surface area contributed by atoms with Crippen LogP contribution in [-0.2, 0) is 18.4 Å². The molecule has 0 amide bonds. The topological polar surface area (TPSA) is 91.1 Å². The first kappa shape index (κ1) is 17.4. The Balaban J connectivity index is 1.67. The fourth-order valence-corrected chi connectivity index (χ4v) is 5.44. The maximum Gasteiger partial charge on any atom is 0.259 e. The van der Waals surface area contributed by atoms with E-state index in [4.69, 9.17) is 5.73 Å². The molecule has 2 aliphatic carbocycles. The van der Waals surface area contributed by atoms with E-state index < -0.39 is 0 Å². The van der Waals surface area contributed by atoms with Gasteiger partial charge in [-0.3, -0.25) is 9.36 Å². The van der Waals surface area contributed by atoms with Gasteiger partial charge in [-0.2, -0.15) is 4.52 Å². The zero-order valence-electron chi connectivity index (χ0n) is 16.6. The Labute approximate surface area is 173 Å². The number of fused-ring (bicyclic) bond motifs is 6. The lowest BCUT2D eigenvalue weighted by Crippen LogP contribution is -2.41. The number of hydrogen-bond acceptors (Lipinski definition) is 5. The SMILES string of the molecule is Nc1ccc(Cn2c(=O)c3c(n4nnnc24)-c2ccccc2CC32CCCC2)cc1. The molecule has 1 fully saturated rings. The second-order valence-electron chi connectivity index (χ2n) is 8.57. The number of aromatic nitrogens is 5. The van der Waals surface area contributed by atoms with Gasteiger partial charge in [0.2, 0.25) is 0 Å². The number of nitrogens with two attached hydrogens (primary N) is 1. The summed E-state index contributed by atoms with van der Waals surface area (Å²) in [4.78, 5) is 14.0. The van der Waals surface area contributed by atoms with Crippen LogP contribution in [0.25, 0.3) is 17.0 Å². The highest BCUT2D eigenvalue weighted by atomic mass is 16.1. The number of nitrogen functional groups attached to an aromatic ring is 1. The van der Waals surface area contributed by atoms with Crippen LogP contribution >= 0.6 is 0 Å². The molecule has 0 aliphatic heterocycles. The van der Waals surface area contributed by atoms with E-state index in [2.05, 4.69) is 33.7 Å². The maximum atomic E-state index is 14.0. The van der Waals surface area contributed by atoms with E-state index >= 15 is 0 Å². The molecule has 1 saturated carbocycles. The van der Waals surface area contributed by atoms with Gasteiger partial charge in [0.1, 0.15) is 0 Å². The van der Waals surface area contributed by atoms with Gasteiger partial charge in [-0.15, -0.1) is 0 Å². The third kappa shape index (κ3) is 2.38. The van der Waals surface area contributed by atoms with Crippen LogP contribution in [0.5, 0.6) is 0 Å². The Hall–Kier alpha value is -3.48. The minimum absolute atomic E-state index is 0.0283. The van der Waals surface area contributed by atoms with Gasteiger partial charge >= 0.3 is 0 Å². The summed E-state index contributed by atoms with van der Waals surface area (Å²) in [7, 11) is 0. The van der Waals surface area contributed by atoms with E-state index in [9.17, 15) is 4.79 Å². The predicted molar refractivity (Wildman–Crippen MR) is 114 cm³/mol. The van der Waals surface area contributed by atoms with E-state index in [0.717, 1.165) is 54.5 Å². The Morgan fingerprint density at radius 1 is 1.03 bits per heavy atom. The molecule has 30 heavy (non-hydrogen) atoms. The number of hydrogen-bond donors (Lipinski definition) is 1. The molecule has 7 heteroatoms. The van der Waals surface area contributed by atoms with Gasteiger partial charge in [-0.25, -0.2) is 0 Å². The van der Waals surface area contributed by atoms with Gasteiger partial charge in [0.15, 0.2) is 0 Å². The summed E-state index contributed by atoms with van der Waals surface area (Å²) in [5.74, 6) is 0.473. The summed E-state index contributed by atoms with van der Waals surface area (Å²) in [6.07, 6.45) is 5.25. The van der Waals surface area contributed by atoms with Crippen molar-refractivity contribution in [2.75, 3.05) is 5.73 Å². The van der Waals surface area contributed by atoms with Crippen LogP contribution in [-0.4, -0.2) is 24.6 Å². The van der Waals surface area contributed by atoms with Crippen molar-refractivity contribution in [3.05, 3.63) is 75.6 Å². The zero-order chi connectivity index (χ0) is 20.3. The first-order valence-electron chi connectivity index (χ1n) is 10.4. The molecular formula is C23H22N6O. The molecule has 2 aromatic carbocycles. The molecular weight excluding hydrogens is 376 g/mol. The van der Waals surface area contributed by atoms with E-state index in [1.807, 2.05) is 30.3 Å². The van der Waals surface area contributed by atoms with Crippen LogP contribution < -0.4 is 11.3 Å². The molecule has 2 N–H and O–H groups in total. The molecule has 0 unspecified atom stereocenters. The number of benzene rings is 2. The lowest BCUT2D eigenvalue weighted by Gasteiger charge is -2.36. The van der Waals surface area contributed by atoms with E-state index in [1.165, 1.54) is 5.56 Å². The van der Waals surface area contributed by atoms with Crippen LogP contribution in [0.2, 0.25) is 0 Å². The second-order valence-corrected chi connectivity index (χ2v) is 8.57. The van der Waals surface area contributed by atoms with Crippen molar-refractivity contribution in [1.29, 1.82) is 0 Å². The number of nitrogens with zero attached hydrogens (tertiary/aromatic N) is 5. The minimum atomic E-state index is -0.135. The smallest absolute Gasteiger partial charge is 0.259 e. The largest absolute Gasteiger partial charge is 0.399 e. The molecule has 0 saturated heterocycles. The third-order valence-corrected chi connectivity index (χ3v) is 6.81. The molecule has 6 rings (SSSR count). The summed E-state index contributed by atoms with van der Waals surface area (Å²) in [6.45, 7) is 0.411. The monoisotopic (exact) mass is 398 g/mol. The van der Waals surface area contributed by atoms with Crippen molar-refractivity contribution >= 4 is 11.5 Å². The van der Waals surface area contributed by atoms with Crippen molar-refractivity contribution in [1.82, 2.24) is 24.6 Å². The minimum Gasteiger partial charge on any atom is -0.399 e. The highest BCUT2D eigenvalue weighted by Crippen LogP contribution is 2.50. The highest BCUT2D eigenvalue weighted by Gasteiger charge is 2.45. The number of anilines is 1. The molecule has 150 valence electrons. The first-order chi connectivity index (χ1) is 14.7. The molecule has 0 atom stereocenters. The zero-order valence-corrected chi connectivity index (χ0v) is 16.6. The first-order valence-corrected chi connectivity index (χ1v) is 10.4. The van der Waals surface area contributed by atoms with Crippen LogP contribution in [0.4, 0.5) is 5.69 Å². The van der Waals surface area contributed by atoms with Crippen LogP contribution in [0.3, 0.4) is 0 Å². The van der Waals surface area contributed by atoms with E-state index in [-0.39, 0.29) is 11.0 Å². The molecule has 0 bridgehead atoms. The van der Waals surface area contributed by atoms with Crippen molar-refractivity contribution in [3.8, 4) is 11.3 Å².